The molecule has 4 rings (SSSR count). The molecule has 0 atom stereocenters. The summed E-state index contributed by atoms with van der Waals surface area (Å²) in [4.78, 5) is 12.2. The molecule has 2 heteroatoms. The molecular formula is C24H19NO. The van der Waals surface area contributed by atoms with E-state index in [1.54, 1.807) is 17.7 Å². The van der Waals surface area contributed by atoms with E-state index in [2.05, 4.69) is 42.5 Å². The predicted molar refractivity (Wildman–Crippen MR) is 110 cm³/mol. The third-order valence-electron chi connectivity index (χ3n) is 4.66. The highest BCUT2D eigenvalue weighted by atomic mass is 16.1. The van der Waals surface area contributed by atoms with Crippen LogP contribution in [0.4, 0.5) is 0 Å². The van der Waals surface area contributed by atoms with Crippen LogP contribution < -0.4 is 5.56 Å². The lowest BCUT2D eigenvalue weighted by molar-refractivity contribution is 0.905. The highest BCUT2D eigenvalue weighted by molar-refractivity contribution is 5.90. The van der Waals surface area contributed by atoms with Crippen LogP contribution in [-0.4, -0.2) is 4.57 Å². The smallest absolute Gasteiger partial charge is 0.251 e. The van der Waals surface area contributed by atoms with Gasteiger partial charge in [0.05, 0.1) is 5.52 Å². The van der Waals surface area contributed by atoms with E-state index in [4.69, 9.17) is 0 Å². The standard InChI is InChI=1S/C24H19NO/c1-25-23-10-6-5-9-22(23)21(17-24(25)26)16-13-18-11-14-20(15-12-18)19-7-3-2-4-8-19/h2-17H,1H3/b16-13-. The van der Waals surface area contributed by atoms with Gasteiger partial charge in [-0.1, -0.05) is 84.9 Å². The number of nitrogens with zero attached hydrogens (tertiary/aromatic N) is 1. The molecule has 0 aliphatic carbocycles. The van der Waals surface area contributed by atoms with Crippen molar-refractivity contribution in [2.75, 3.05) is 0 Å². The van der Waals surface area contributed by atoms with Crippen LogP contribution in [0.2, 0.25) is 0 Å². The van der Waals surface area contributed by atoms with Gasteiger partial charge >= 0.3 is 0 Å². The normalized spacial score (nSPS) is 11.3. The van der Waals surface area contributed by atoms with Crippen LogP contribution in [0.25, 0.3) is 34.2 Å². The van der Waals surface area contributed by atoms with Crippen LogP contribution in [0.15, 0.2) is 89.7 Å². The van der Waals surface area contributed by atoms with Crippen LogP contribution in [0.3, 0.4) is 0 Å². The first kappa shape index (κ1) is 16.1. The highest BCUT2D eigenvalue weighted by Gasteiger charge is 2.03. The molecule has 0 unspecified atom stereocenters. The molecular weight excluding hydrogens is 318 g/mol. The first-order valence-corrected chi connectivity index (χ1v) is 8.65. The summed E-state index contributed by atoms with van der Waals surface area (Å²) in [5.41, 5.74) is 5.40. The average Bonchev–Trinajstić information content (AvgIpc) is 2.71. The molecule has 0 N–H and O–H groups in total. The Hall–Kier alpha value is -3.39. The van der Waals surface area contributed by atoms with Crippen molar-refractivity contribution in [3.63, 3.8) is 0 Å². The molecule has 0 aliphatic rings. The number of benzene rings is 3. The van der Waals surface area contributed by atoms with Gasteiger partial charge in [-0.25, -0.2) is 0 Å². The van der Waals surface area contributed by atoms with E-state index in [-0.39, 0.29) is 5.56 Å². The molecule has 0 bridgehead atoms. The van der Waals surface area contributed by atoms with E-state index in [1.807, 2.05) is 48.5 Å². The molecule has 126 valence electrons. The number of fused-ring (bicyclic) bond motifs is 1. The van der Waals surface area contributed by atoms with Crippen molar-refractivity contribution in [3.05, 3.63) is 106 Å². The van der Waals surface area contributed by atoms with Crippen LogP contribution >= 0.6 is 0 Å². The van der Waals surface area contributed by atoms with Crippen molar-refractivity contribution in [2.45, 2.75) is 0 Å². The molecule has 3 aromatic carbocycles. The number of hydrogen-bond donors (Lipinski definition) is 0. The maximum atomic E-state index is 12.2. The van der Waals surface area contributed by atoms with E-state index in [0.717, 1.165) is 22.0 Å². The highest BCUT2D eigenvalue weighted by Crippen LogP contribution is 2.21. The second kappa shape index (κ2) is 6.85. The molecule has 0 fully saturated rings. The SMILES string of the molecule is Cn1c(=O)cc(/C=C\c2ccc(-c3ccccc3)cc2)c2ccccc21. The quantitative estimate of drug-likeness (QED) is 0.492. The van der Waals surface area contributed by atoms with E-state index in [0.29, 0.717) is 0 Å². The Kier molecular flexibility index (Phi) is 4.24. The fourth-order valence-electron chi connectivity index (χ4n) is 3.18. The summed E-state index contributed by atoms with van der Waals surface area (Å²) in [6.45, 7) is 0. The van der Waals surface area contributed by atoms with E-state index >= 15 is 0 Å². The zero-order chi connectivity index (χ0) is 17.9. The Morgan fingerprint density at radius 1 is 0.731 bits per heavy atom. The van der Waals surface area contributed by atoms with Crippen LogP contribution in [0.1, 0.15) is 11.1 Å². The van der Waals surface area contributed by atoms with Crippen molar-refractivity contribution in [1.82, 2.24) is 4.57 Å². The van der Waals surface area contributed by atoms with E-state index < -0.39 is 0 Å². The van der Waals surface area contributed by atoms with E-state index in [1.165, 1.54) is 11.1 Å². The van der Waals surface area contributed by atoms with Gasteiger partial charge in [-0.05, 0) is 28.3 Å². The Morgan fingerprint density at radius 2 is 1.38 bits per heavy atom. The zero-order valence-electron chi connectivity index (χ0n) is 14.6. The molecule has 0 amide bonds. The monoisotopic (exact) mass is 337 g/mol. The Morgan fingerprint density at radius 3 is 2.15 bits per heavy atom. The number of aromatic nitrogens is 1. The lowest BCUT2D eigenvalue weighted by Crippen LogP contribution is -2.16. The van der Waals surface area contributed by atoms with Gasteiger partial charge in [0, 0.05) is 18.5 Å². The van der Waals surface area contributed by atoms with Gasteiger partial charge < -0.3 is 4.57 Å². The molecule has 0 radical (unpaired) electrons. The third-order valence-corrected chi connectivity index (χ3v) is 4.66. The summed E-state index contributed by atoms with van der Waals surface area (Å²) in [5.74, 6) is 0. The lowest BCUT2D eigenvalue weighted by Gasteiger charge is -2.07. The minimum absolute atomic E-state index is 0.00257. The third kappa shape index (κ3) is 3.09. The molecule has 0 spiro atoms. The summed E-state index contributed by atoms with van der Waals surface area (Å²) in [6.07, 6.45) is 4.07. The van der Waals surface area contributed by atoms with Gasteiger partial charge in [-0.2, -0.15) is 0 Å². The van der Waals surface area contributed by atoms with Crippen LogP contribution in [-0.2, 0) is 7.05 Å². The minimum Gasteiger partial charge on any atom is -0.311 e. The van der Waals surface area contributed by atoms with Gasteiger partial charge in [-0.3, -0.25) is 4.79 Å². The summed E-state index contributed by atoms with van der Waals surface area (Å²) in [6, 6.07) is 28.4. The van der Waals surface area contributed by atoms with Crippen molar-refractivity contribution in [3.8, 4) is 11.1 Å². The summed E-state index contributed by atoms with van der Waals surface area (Å²) in [5, 5.41) is 1.08. The fourth-order valence-corrected chi connectivity index (χ4v) is 3.18. The minimum atomic E-state index is 0.00257. The van der Waals surface area contributed by atoms with Crippen molar-refractivity contribution < 1.29 is 0 Å². The maximum Gasteiger partial charge on any atom is 0.251 e. The number of pyridine rings is 1. The summed E-state index contributed by atoms with van der Waals surface area (Å²) < 4.78 is 1.68. The molecule has 0 saturated heterocycles. The molecule has 4 aromatic rings. The zero-order valence-corrected chi connectivity index (χ0v) is 14.6. The Bertz CT molecular complexity index is 1140. The Balaban J connectivity index is 1.68. The molecule has 0 aliphatic heterocycles. The topological polar surface area (TPSA) is 22.0 Å². The van der Waals surface area contributed by atoms with Crippen molar-refractivity contribution in [2.24, 2.45) is 7.05 Å². The number of para-hydroxylation sites is 1. The largest absolute Gasteiger partial charge is 0.311 e. The summed E-state index contributed by atoms with van der Waals surface area (Å²) >= 11 is 0. The van der Waals surface area contributed by atoms with Crippen LogP contribution in [0.5, 0.6) is 0 Å². The summed E-state index contributed by atoms with van der Waals surface area (Å²) in [7, 11) is 1.81. The first-order chi connectivity index (χ1) is 12.7. The average molecular weight is 337 g/mol. The van der Waals surface area contributed by atoms with Gasteiger partial charge in [0.15, 0.2) is 0 Å². The lowest BCUT2D eigenvalue weighted by atomic mass is 10.0. The molecule has 1 heterocycles. The van der Waals surface area contributed by atoms with Crippen molar-refractivity contribution in [1.29, 1.82) is 0 Å². The molecule has 0 saturated carbocycles. The van der Waals surface area contributed by atoms with Gasteiger partial charge in [0.1, 0.15) is 0 Å². The molecule has 26 heavy (non-hydrogen) atoms. The predicted octanol–water partition coefficient (Wildman–Crippen LogP) is 5.38. The van der Waals surface area contributed by atoms with Gasteiger partial charge in [0.2, 0.25) is 0 Å². The second-order valence-electron chi connectivity index (χ2n) is 6.34. The Labute approximate surface area is 152 Å². The molecule has 1 aromatic heterocycles. The number of hydrogen-bond acceptors (Lipinski definition) is 1. The fraction of sp³-hybridized carbons (Fsp3) is 0.0417. The first-order valence-electron chi connectivity index (χ1n) is 8.65. The molecule has 2 nitrogen and oxygen atoms in total. The van der Waals surface area contributed by atoms with E-state index in [9.17, 15) is 4.79 Å². The van der Waals surface area contributed by atoms with Crippen molar-refractivity contribution >= 4 is 23.1 Å². The number of rotatable bonds is 3. The number of aryl methyl sites for hydroxylation is 1. The van der Waals surface area contributed by atoms with Gasteiger partial charge in [-0.15, -0.1) is 0 Å². The maximum absolute atomic E-state index is 12.2. The second-order valence-corrected chi connectivity index (χ2v) is 6.34. The van der Waals surface area contributed by atoms with Crippen LogP contribution in [0, 0.1) is 0 Å². The van der Waals surface area contributed by atoms with Gasteiger partial charge in [0.25, 0.3) is 5.56 Å².